The van der Waals surface area contributed by atoms with E-state index in [9.17, 15) is 26.4 Å². The van der Waals surface area contributed by atoms with E-state index >= 15 is 4.39 Å². The maximum Gasteiger partial charge on any atom is 0.394 e. The summed E-state index contributed by atoms with van der Waals surface area (Å²) in [6, 6.07) is 1.26. The molecule has 14 heteroatoms. The number of hydrogen-bond acceptors (Lipinski definition) is 7. The summed E-state index contributed by atoms with van der Waals surface area (Å²) in [7, 11) is -2.83. The minimum Gasteiger partial charge on any atom is -0.465 e. The summed E-state index contributed by atoms with van der Waals surface area (Å²) in [6.07, 6.45) is -2.88. The number of rotatable bonds is 11. The number of nitrogens with one attached hydrogen (secondary N) is 2. The molecule has 202 valence electrons. The molecule has 4 rings (SSSR count). The molecule has 9 nitrogen and oxygen atoms in total. The van der Waals surface area contributed by atoms with E-state index in [1.54, 1.807) is 0 Å². The van der Waals surface area contributed by atoms with Gasteiger partial charge in [0.15, 0.2) is 12.6 Å². The average Bonchev–Trinajstić information content (AvgIpc) is 3.54. The molecule has 1 aromatic carbocycles. The number of halogens is 4. The van der Waals surface area contributed by atoms with E-state index in [0.717, 1.165) is 0 Å². The average molecular weight is 540 g/mol. The molecule has 1 saturated heterocycles. The zero-order valence-corrected chi connectivity index (χ0v) is 20.6. The normalized spacial score (nSPS) is 22.3. The number of benzene rings is 1. The first-order valence-corrected chi connectivity index (χ1v) is 13.1. The molecular formula is C22H29F4N3O6S. The van der Waals surface area contributed by atoms with Crippen molar-refractivity contribution in [1.29, 1.82) is 0 Å². The number of methoxy groups -OCH3 is 1. The van der Waals surface area contributed by atoms with Crippen LogP contribution in [0.2, 0.25) is 0 Å². The molecule has 1 amide bonds. The molecule has 2 aliphatic carbocycles. The third-order valence-electron chi connectivity index (χ3n) is 6.90. The fourth-order valence-corrected chi connectivity index (χ4v) is 5.80. The van der Waals surface area contributed by atoms with Crippen LogP contribution in [-0.4, -0.2) is 66.7 Å². The van der Waals surface area contributed by atoms with Crippen LogP contribution in [-0.2, 0) is 37.3 Å². The first-order valence-electron chi connectivity index (χ1n) is 11.6. The number of anilines is 1. The third kappa shape index (κ3) is 5.55. The SMILES string of the molecule is COCCOCOc1cc2c(c(F)c1N1CC(=O)NS1(=O)=O)CC(NCCC1(C(F)(F)F)CC1)CC2. The van der Waals surface area contributed by atoms with Crippen LogP contribution >= 0.6 is 0 Å². The number of aryl methyl sites for hydroxylation is 1. The minimum absolute atomic E-state index is 0.0385. The highest BCUT2D eigenvalue weighted by molar-refractivity contribution is 7.92. The molecule has 3 aliphatic rings. The summed E-state index contributed by atoms with van der Waals surface area (Å²) in [5.41, 5.74) is -1.18. The van der Waals surface area contributed by atoms with Crippen molar-refractivity contribution in [1.82, 2.24) is 10.0 Å². The predicted octanol–water partition coefficient (Wildman–Crippen LogP) is 2.19. The third-order valence-corrected chi connectivity index (χ3v) is 8.28. The fourth-order valence-electron chi connectivity index (χ4n) is 4.64. The van der Waals surface area contributed by atoms with Gasteiger partial charge in [0.25, 0.3) is 5.91 Å². The van der Waals surface area contributed by atoms with Crippen molar-refractivity contribution >= 4 is 21.8 Å². The Hall–Kier alpha value is -2.16. The first-order chi connectivity index (χ1) is 17.0. The minimum atomic E-state index is -4.32. The number of carbonyl (C=O) groups is 1. The second-order valence-electron chi connectivity index (χ2n) is 9.30. The van der Waals surface area contributed by atoms with Crippen molar-refractivity contribution in [3.05, 3.63) is 23.0 Å². The van der Waals surface area contributed by atoms with E-state index in [1.165, 1.54) is 13.2 Å². The molecule has 1 heterocycles. The number of amides is 1. The zero-order valence-electron chi connectivity index (χ0n) is 19.7. The summed E-state index contributed by atoms with van der Waals surface area (Å²) >= 11 is 0. The van der Waals surface area contributed by atoms with Crippen LogP contribution in [0.15, 0.2) is 6.07 Å². The van der Waals surface area contributed by atoms with Crippen molar-refractivity contribution in [2.75, 3.05) is 44.5 Å². The molecule has 36 heavy (non-hydrogen) atoms. The topological polar surface area (TPSA) is 106 Å². The monoisotopic (exact) mass is 539 g/mol. The Morgan fingerprint density at radius 3 is 2.64 bits per heavy atom. The van der Waals surface area contributed by atoms with E-state index in [4.69, 9.17) is 14.2 Å². The van der Waals surface area contributed by atoms with E-state index in [0.29, 0.717) is 29.3 Å². The molecule has 0 spiro atoms. The van der Waals surface area contributed by atoms with Gasteiger partial charge in [-0.25, -0.2) is 13.4 Å². The second-order valence-corrected chi connectivity index (χ2v) is 10.9. The highest BCUT2D eigenvalue weighted by atomic mass is 32.2. The lowest BCUT2D eigenvalue weighted by Crippen LogP contribution is -2.38. The molecule has 0 aromatic heterocycles. The summed E-state index contributed by atoms with van der Waals surface area (Å²) in [6.45, 7) is -0.265. The summed E-state index contributed by atoms with van der Waals surface area (Å²) in [5, 5.41) is 3.11. The Labute approximate surface area is 206 Å². The molecule has 0 bridgehead atoms. The quantitative estimate of drug-likeness (QED) is 0.252. The van der Waals surface area contributed by atoms with Gasteiger partial charge >= 0.3 is 16.4 Å². The van der Waals surface area contributed by atoms with Gasteiger partial charge in [-0.15, -0.1) is 0 Å². The lowest BCUT2D eigenvalue weighted by atomic mass is 9.87. The molecule has 1 aliphatic heterocycles. The van der Waals surface area contributed by atoms with Crippen LogP contribution in [0.1, 0.15) is 36.8 Å². The highest BCUT2D eigenvalue weighted by Gasteiger charge is 2.62. The molecule has 1 unspecified atom stereocenters. The van der Waals surface area contributed by atoms with Crippen LogP contribution in [0.4, 0.5) is 23.2 Å². The van der Waals surface area contributed by atoms with Crippen molar-refractivity contribution < 1.29 is 45.0 Å². The number of nitrogens with zero attached hydrogens (tertiary/aromatic N) is 1. The maximum absolute atomic E-state index is 15.9. The van der Waals surface area contributed by atoms with Gasteiger partial charge in [0, 0.05) is 13.2 Å². The van der Waals surface area contributed by atoms with E-state index < -0.39 is 45.8 Å². The van der Waals surface area contributed by atoms with Gasteiger partial charge < -0.3 is 19.5 Å². The smallest absolute Gasteiger partial charge is 0.394 e. The number of ether oxygens (including phenoxy) is 3. The van der Waals surface area contributed by atoms with Crippen molar-refractivity contribution in [2.24, 2.45) is 5.41 Å². The van der Waals surface area contributed by atoms with E-state index in [-0.39, 0.29) is 63.0 Å². The number of carbonyl (C=O) groups excluding carboxylic acids is 1. The van der Waals surface area contributed by atoms with Crippen molar-refractivity contribution in [3.63, 3.8) is 0 Å². The van der Waals surface area contributed by atoms with Gasteiger partial charge in [-0.3, -0.25) is 4.79 Å². The van der Waals surface area contributed by atoms with E-state index in [1.807, 2.05) is 4.72 Å². The molecule has 2 fully saturated rings. The van der Waals surface area contributed by atoms with Gasteiger partial charge in [0.2, 0.25) is 0 Å². The Morgan fingerprint density at radius 1 is 1.28 bits per heavy atom. The number of fused-ring (bicyclic) bond motifs is 1. The second kappa shape index (κ2) is 10.3. The van der Waals surface area contributed by atoms with Crippen LogP contribution in [0.5, 0.6) is 5.75 Å². The van der Waals surface area contributed by atoms with Gasteiger partial charge in [-0.05, 0) is 62.3 Å². The zero-order chi connectivity index (χ0) is 26.1. The Balaban J connectivity index is 1.52. The van der Waals surface area contributed by atoms with Gasteiger partial charge in [-0.1, -0.05) is 0 Å². The van der Waals surface area contributed by atoms with Crippen LogP contribution in [0, 0.1) is 11.2 Å². The van der Waals surface area contributed by atoms with Crippen molar-refractivity contribution in [3.8, 4) is 5.75 Å². The Morgan fingerprint density at radius 2 is 2.03 bits per heavy atom. The van der Waals surface area contributed by atoms with Crippen LogP contribution < -0.4 is 19.1 Å². The molecular weight excluding hydrogens is 510 g/mol. The molecule has 1 atom stereocenters. The van der Waals surface area contributed by atoms with Crippen LogP contribution in [0.3, 0.4) is 0 Å². The van der Waals surface area contributed by atoms with Gasteiger partial charge in [0.1, 0.15) is 18.0 Å². The Bertz CT molecular complexity index is 1090. The number of hydrogen-bond donors (Lipinski definition) is 2. The first kappa shape index (κ1) is 26.9. The van der Waals surface area contributed by atoms with Gasteiger partial charge in [0.05, 0.1) is 18.6 Å². The van der Waals surface area contributed by atoms with Crippen LogP contribution in [0.25, 0.3) is 0 Å². The molecule has 1 saturated carbocycles. The van der Waals surface area contributed by atoms with Crippen molar-refractivity contribution in [2.45, 2.75) is 50.7 Å². The number of alkyl halides is 3. The molecule has 1 aromatic rings. The fraction of sp³-hybridized carbons (Fsp3) is 0.682. The molecule has 0 radical (unpaired) electrons. The van der Waals surface area contributed by atoms with E-state index in [2.05, 4.69) is 5.32 Å². The van der Waals surface area contributed by atoms with Gasteiger partial charge in [-0.2, -0.15) is 21.6 Å². The highest BCUT2D eigenvalue weighted by Crippen LogP contribution is 2.59. The largest absolute Gasteiger partial charge is 0.465 e. The lowest BCUT2D eigenvalue weighted by Gasteiger charge is -2.30. The molecule has 2 N–H and O–H groups in total. The predicted molar refractivity (Wildman–Crippen MR) is 120 cm³/mol. The lowest BCUT2D eigenvalue weighted by molar-refractivity contribution is -0.188. The standard InChI is InChI=1S/C22H29F4N3O6S/c1-33-8-9-34-13-35-17-10-14-2-3-15(27-7-6-21(4-5-21)22(24,25)26)11-16(14)19(23)20(17)29-12-18(30)28-36(29,31)32/h10,15,27H,2-9,11-13H2,1H3,(H,28,30). The summed E-state index contributed by atoms with van der Waals surface area (Å²) in [4.78, 5) is 11.8. The Kier molecular flexibility index (Phi) is 7.70. The summed E-state index contributed by atoms with van der Waals surface area (Å²) < 4.78 is 98.5. The summed E-state index contributed by atoms with van der Waals surface area (Å²) in [5.74, 6) is -1.75. The maximum atomic E-state index is 15.9.